The third-order valence-electron chi connectivity index (χ3n) is 3.09. The van der Waals surface area contributed by atoms with E-state index >= 15 is 0 Å². The van der Waals surface area contributed by atoms with E-state index < -0.39 is 0 Å². The number of aliphatic hydroxyl groups is 1. The zero-order chi connectivity index (χ0) is 14.4. The lowest BCUT2D eigenvalue weighted by Gasteiger charge is -2.04. The van der Waals surface area contributed by atoms with Gasteiger partial charge in [0.05, 0.1) is 0 Å². The Kier molecular flexibility index (Phi) is 4.91. The Bertz CT molecular complexity index is 656. The van der Waals surface area contributed by atoms with Gasteiger partial charge in [-0.2, -0.15) is 0 Å². The van der Waals surface area contributed by atoms with Crippen molar-refractivity contribution in [3.63, 3.8) is 0 Å². The van der Waals surface area contributed by atoms with E-state index in [1.807, 2.05) is 30.4 Å². The van der Waals surface area contributed by atoms with E-state index in [9.17, 15) is 4.79 Å². The predicted molar refractivity (Wildman–Crippen MR) is 82.5 cm³/mol. The second-order valence-corrected chi connectivity index (χ2v) is 4.82. The molecule has 3 nitrogen and oxygen atoms in total. The first-order chi connectivity index (χ1) is 9.69. The molecule has 1 aromatic carbocycles. The smallest absolute Gasteiger partial charge is 0.251 e. The first-order valence-corrected chi connectivity index (χ1v) is 6.75. The molecule has 0 bridgehead atoms. The van der Waals surface area contributed by atoms with Gasteiger partial charge in [-0.15, -0.1) is 0 Å². The lowest BCUT2D eigenvalue weighted by Crippen LogP contribution is -2.19. The van der Waals surface area contributed by atoms with Crippen molar-refractivity contribution < 1.29 is 5.11 Å². The fourth-order valence-corrected chi connectivity index (χ4v) is 2.02. The predicted octanol–water partition coefficient (Wildman–Crippen LogP) is 2.71. The molecule has 0 radical (unpaired) electrons. The zero-order valence-electron chi connectivity index (χ0n) is 11.6. The van der Waals surface area contributed by atoms with Crippen LogP contribution in [0.1, 0.15) is 23.1 Å². The van der Waals surface area contributed by atoms with Crippen molar-refractivity contribution in [1.82, 2.24) is 4.57 Å². The molecule has 0 aliphatic carbocycles. The lowest BCUT2D eigenvalue weighted by molar-refractivity contribution is 0.279. The largest absolute Gasteiger partial charge is 0.396 e. The molecule has 0 spiro atoms. The van der Waals surface area contributed by atoms with Gasteiger partial charge < -0.3 is 9.67 Å². The number of rotatable bonds is 5. The number of pyridine rings is 1. The van der Waals surface area contributed by atoms with Crippen LogP contribution in [0.3, 0.4) is 0 Å². The monoisotopic (exact) mass is 269 g/mol. The average Bonchev–Trinajstić information content (AvgIpc) is 2.44. The minimum atomic E-state index is -0.0372. The molecule has 3 heteroatoms. The van der Waals surface area contributed by atoms with Crippen LogP contribution in [0.4, 0.5) is 0 Å². The van der Waals surface area contributed by atoms with E-state index in [0.717, 1.165) is 11.1 Å². The van der Waals surface area contributed by atoms with Crippen molar-refractivity contribution in [2.24, 2.45) is 0 Å². The van der Waals surface area contributed by atoms with E-state index in [0.29, 0.717) is 13.0 Å². The lowest BCUT2D eigenvalue weighted by atomic mass is 10.1. The first kappa shape index (κ1) is 14.3. The Morgan fingerprint density at radius 2 is 1.90 bits per heavy atom. The highest BCUT2D eigenvalue weighted by Crippen LogP contribution is 2.08. The van der Waals surface area contributed by atoms with Crippen LogP contribution >= 0.6 is 0 Å². The standard InChI is InChI=1S/C17H19NO2/c1-14-4-2-5-15(12-14)6-7-16-8-10-18(9-3-11-19)17(20)13-16/h2,4-8,10,12-13,19H,3,9,11H2,1H3/b7-6+. The highest BCUT2D eigenvalue weighted by molar-refractivity contribution is 5.69. The van der Waals surface area contributed by atoms with Gasteiger partial charge in [-0.1, -0.05) is 42.0 Å². The van der Waals surface area contributed by atoms with Gasteiger partial charge >= 0.3 is 0 Å². The summed E-state index contributed by atoms with van der Waals surface area (Å²) in [5.41, 5.74) is 3.18. The van der Waals surface area contributed by atoms with Crippen molar-refractivity contribution >= 4 is 12.2 Å². The summed E-state index contributed by atoms with van der Waals surface area (Å²) in [5.74, 6) is 0. The van der Waals surface area contributed by atoms with Crippen molar-refractivity contribution in [2.45, 2.75) is 19.9 Å². The Hall–Kier alpha value is -2.13. The maximum absolute atomic E-state index is 11.9. The Morgan fingerprint density at radius 1 is 1.15 bits per heavy atom. The van der Waals surface area contributed by atoms with Crippen LogP contribution in [0.25, 0.3) is 12.2 Å². The number of aromatic nitrogens is 1. The van der Waals surface area contributed by atoms with E-state index in [1.165, 1.54) is 5.56 Å². The number of hydrogen-bond acceptors (Lipinski definition) is 2. The van der Waals surface area contributed by atoms with Gasteiger partial charge in [0.25, 0.3) is 5.56 Å². The van der Waals surface area contributed by atoms with Crippen LogP contribution in [0.2, 0.25) is 0 Å². The molecule has 1 aromatic heterocycles. The summed E-state index contributed by atoms with van der Waals surface area (Å²) in [5, 5.41) is 8.78. The molecule has 2 aromatic rings. The van der Waals surface area contributed by atoms with Crippen LogP contribution in [0.5, 0.6) is 0 Å². The molecule has 0 aliphatic rings. The van der Waals surface area contributed by atoms with Crippen molar-refractivity contribution in [3.8, 4) is 0 Å². The van der Waals surface area contributed by atoms with Gasteiger partial charge in [-0.05, 0) is 30.5 Å². The summed E-state index contributed by atoms with van der Waals surface area (Å²) in [7, 11) is 0. The fourth-order valence-electron chi connectivity index (χ4n) is 2.02. The first-order valence-electron chi connectivity index (χ1n) is 6.75. The summed E-state index contributed by atoms with van der Waals surface area (Å²) >= 11 is 0. The van der Waals surface area contributed by atoms with Crippen LogP contribution in [-0.2, 0) is 6.54 Å². The van der Waals surface area contributed by atoms with E-state index in [4.69, 9.17) is 5.11 Å². The molecule has 0 saturated heterocycles. The highest BCUT2D eigenvalue weighted by Gasteiger charge is 1.96. The third-order valence-corrected chi connectivity index (χ3v) is 3.09. The number of hydrogen-bond donors (Lipinski definition) is 1. The Morgan fingerprint density at radius 3 is 2.55 bits per heavy atom. The molecule has 2 rings (SSSR count). The number of aliphatic hydroxyl groups excluding tert-OH is 1. The van der Waals surface area contributed by atoms with Crippen molar-refractivity contribution in [1.29, 1.82) is 0 Å². The van der Waals surface area contributed by atoms with E-state index in [2.05, 4.69) is 19.1 Å². The van der Waals surface area contributed by atoms with Crippen LogP contribution in [-0.4, -0.2) is 16.3 Å². The Labute approximate surface area is 118 Å². The summed E-state index contributed by atoms with van der Waals surface area (Å²) in [4.78, 5) is 11.9. The third kappa shape index (κ3) is 3.93. The summed E-state index contributed by atoms with van der Waals surface area (Å²) in [6.07, 6.45) is 6.30. The second kappa shape index (κ2) is 6.87. The Balaban J connectivity index is 2.14. The number of nitrogens with zero attached hydrogens (tertiary/aromatic N) is 1. The molecule has 0 fully saturated rings. The van der Waals surface area contributed by atoms with Gasteiger partial charge in [0.1, 0.15) is 0 Å². The van der Waals surface area contributed by atoms with Gasteiger partial charge in [-0.3, -0.25) is 4.79 Å². The number of aryl methyl sites for hydroxylation is 2. The molecular weight excluding hydrogens is 250 g/mol. The second-order valence-electron chi connectivity index (χ2n) is 4.82. The van der Waals surface area contributed by atoms with Gasteiger partial charge in [0.2, 0.25) is 0 Å². The van der Waals surface area contributed by atoms with Crippen LogP contribution < -0.4 is 5.56 Å². The van der Waals surface area contributed by atoms with E-state index in [-0.39, 0.29) is 12.2 Å². The van der Waals surface area contributed by atoms with Crippen molar-refractivity contribution in [3.05, 3.63) is 69.6 Å². The quantitative estimate of drug-likeness (QED) is 0.907. The van der Waals surface area contributed by atoms with E-state index in [1.54, 1.807) is 16.8 Å². The zero-order valence-corrected chi connectivity index (χ0v) is 11.6. The normalized spacial score (nSPS) is 11.1. The molecule has 0 saturated carbocycles. The molecular formula is C17H19NO2. The van der Waals surface area contributed by atoms with Gasteiger partial charge in [0, 0.05) is 25.4 Å². The molecule has 0 amide bonds. The van der Waals surface area contributed by atoms with Crippen molar-refractivity contribution in [2.75, 3.05) is 6.61 Å². The topological polar surface area (TPSA) is 42.2 Å². The van der Waals surface area contributed by atoms with Crippen LogP contribution in [0, 0.1) is 6.92 Å². The van der Waals surface area contributed by atoms with Gasteiger partial charge in [0.15, 0.2) is 0 Å². The molecule has 0 aliphatic heterocycles. The van der Waals surface area contributed by atoms with Gasteiger partial charge in [-0.25, -0.2) is 0 Å². The molecule has 1 N–H and O–H groups in total. The summed E-state index contributed by atoms with van der Waals surface area (Å²) in [6, 6.07) is 11.7. The SMILES string of the molecule is Cc1cccc(/C=C/c2ccn(CCCO)c(=O)c2)c1. The molecule has 1 heterocycles. The number of benzene rings is 1. The summed E-state index contributed by atoms with van der Waals surface area (Å²) in [6.45, 7) is 2.71. The maximum atomic E-state index is 11.9. The summed E-state index contributed by atoms with van der Waals surface area (Å²) < 4.78 is 1.61. The molecule has 20 heavy (non-hydrogen) atoms. The molecule has 0 unspecified atom stereocenters. The highest BCUT2D eigenvalue weighted by atomic mass is 16.3. The molecule has 104 valence electrons. The molecule has 0 atom stereocenters. The minimum Gasteiger partial charge on any atom is -0.396 e. The maximum Gasteiger partial charge on any atom is 0.251 e. The average molecular weight is 269 g/mol. The van der Waals surface area contributed by atoms with Crippen LogP contribution in [0.15, 0.2) is 47.4 Å². The minimum absolute atomic E-state index is 0.0372. The fraction of sp³-hybridized carbons (Fsp3) is 0.235.